The molecule has 2 nitrogen and oxygen atoms in total. The lowest BCUT2D eigenvalue weighted by atomic mass is 9.82. The summed E-state index contributed by atoms with van der Waals surface area (Å²) in [6.45, 7) is 4.69. The first-order valence-electron chi connectivity index (χ1n) is 6.16. The van der Waals surface area contributed by atoms with Crippen LogP contribution in [0.3, 0.4) is 0 Å². The zero-order valence-corrected chi connectivity index (χ0v) is 10.2. The van der Waals surface area contributed by atoms with Crippen molar-refractivity contribution in [3.05, 3.63) is 29.8 Å². The van der Waals surface area contributed by atoms with Gasteiger partial charge in [-0.2, -0.15) is 0 Å². The third kappa shape index (κ3) is 2.56. The van der Waals surface area contributed by atoms with Crippen LogP contribution < -0.4 is 10.1 Å². The molecule has 0 amide bonds. The summed E-state index contributed by atoms with van der Waals surface area (Å²) in [7, 11) is 1.71. The molecule has 0 bridgehead atoms. The van der Waals surface area contributed by atoms with Crippen LogP contribution in [0.15, 0.2) is 24.3 Å². The van der Waals surface area contributed by atoms with Crippen molar-refractivity contribution in [2.24, 2.45) is 5.92 Å². The van der Waals surface area contributed by atoms with E-state index in [1.54, 1.807) is 7.11 Å². The van der Waals surface area contributed by atoms with Crippen molar-refractivity contribution >= 4 is 0 Å². The van der Waals surface area contributed by atoms with E-state index < -0.39 is 0 Å². The standard InChI is InChI=1S/C14H21NO/c1-11(13-7-9-15-10-8-13)12-3-5-14(16-2)6-4-12/h3-6,11,13,15H,7-10H2,1-2H3. The van der Waals surface area contributed by atoms with E-state index >= 15 is 0 Å². The fourth-order valence-electron chi connectivity index (χ4n) is 2.52. The molecule has 1 aromatic carbocycles. The molecule has 0 spiro atoms. The molecule has 0 aromatic heterocycles. The van der Waals surface area contributed by atoms with Gasteiger partial charge >= 0.3 is 0 Å². The van der Waals surface area contributed by atoms with Crippen molar-refractivity contribution in [3.63, 3.8) is 0 Å². The number of benzene rings is 1. The van der Waals surface area contributed by atoms with Crippen LogP contribution in [-0.2, 0) is 0 Å². The van der Waals surface area contributed by atoms with Gasteiger partial charge in [-0.15, -0.1) is 0 Å². The molecular formula is C14H21NO. The highest BCUT2D eigenvalue weighted by molar-refractivity contribution is 5.29. The molecule has 2 heteroatoms. The lowest BCUT2D eigenvalue weighted by Crippen LogP contribution is -2.30. The predicted octanol–water partition coefficient (Wildman–Crippen LogP) is 2.80. The van der Waals surface area contributed by atoms with E-state index in [0.717, 1.165) is 11.7 Å². The molecule has 88 valence electrons. The van der Waals surface area contributed by atoms with Gasteiger partial charge in [-0.25, -0.2) is 0 Å². The Morgan fingerprint density at radius 2 is 1.81 bits per heavy atom. The molecule has 0 aliphatic carbocycles. The Balaban J connectivity index is 2.04. The van der Waals surface area contributed by atoms with Gasteiger partial charge in [0.15, 0.2) is 0 Å². The van der Waals surface area contributed by atoms with Crippen molar-refractivity contribution in [1.29, 1.82) is 0 Å². The fourth-order valence-corrected chi connectivity index (χ4v) is 2.52. The van der Waals surface area contributed by atoms with Crippen LogP contribution in [0.4, 0.5) is 0 Å². The minimum absolute atomic E-state index is 0.660. The molecular weight excluding hydrogens is 198 g/mol. The van der Waals surface area contributed by atoms with Crippen LogP contribution in [0.1, 0.15) is 31.2 Å². The van der Waals surface area contributed by atoms with Crippen molar-refractivity contribution in [3.8, 4) is 5.75 Å². The van der Waals surface area contributed by atoms with E-state index in [9.17, 15) is 0 Å². The molecule has 2 rings (SSSR count). The Morgan fingerprint density at radius 3 is 2.38 bits per heavy atom. The summed E-state index contributed by atoms with van der Waals surface area (Å²) < 4.78 is 5.18. The van der Waals surface area contributed by atoms with Crippen LogP contribution in [0.25, 0.3) is 0 Å². The molecule has 0 radical (unpaired) electrons. The molecule has 1 saturated heterocycles. The zero-order chi connectivity index (χ0) is 11.4. The number of hydrogen-bond donors (Lipinski definition) is 1. The predicted molar refractivity (Wildman–Crippen MR) is 67.0 cm³/mol. The lowest BCUT2D eigenvalue weighted by Gasteiger charge is -2.28. The Hall–Kier alpha value is -1.02. The molecule has 1 atom stereocenters. The SMILES string of the molecule is COc1ccc(C(C)C2CCNCC2)cc1. The maximum Gasteiger partial charge on any atom is 0.118 e. The lowest BCUT2D eigenvalue weighted by molar-refractivity contribution is 0.330. The first kappa shape index (κ1) is 11.5. The van der Waals surface area contributed by atoms with Crippen LogP contribution in [0.2, 0.25) is 0 Å². The zero-order valence-electron chi connectivity index (χ0n) is 10.2. The molecule has 1 unspecified atom stereocenters. The molecule has 1 heterocycles. The highest BCUT2D eigenvalue weighted by Crippen LogP contribution is 2.31. The summed E-state index contributed by atoms with van der Waals surface area (Å²) in [5, 5.41) is 3.42. The molecule has 0 saturated carbocycles. The second-order valence-electron chi connectivity index (χ2n) is 4.65. The van der Waals surface area contributed by atoms with Gasteiger partial charge in [-0.1, -0.05) is 19.1 Å². The fraction of sp³-hybridized carbons (Fsp3) is 0.571. The van der Waals surface area contributed by atoms with Gasteiger partial charge in [0.1, 0.15) is 5.75 Å². The average molecular weight is 219 g/mol. The van der Waals surface area contributed by atoms with Crippen molar-refractivity contribution in [2.75, 3.05) is 20.2 Å². The number of nitrogens with one attached hydrogen (secondary N) is 1. The maximum atomic E-state index is 5.18. The largest absolute Gasteiger partial charge is 0.497 e. The summed E-state index contributed by atoms with van der Waals surface area (Å²) in [5.41, 5.74) is 1.44. The first-order chi connectivity index (χ1) is 7.81. The van der Waals surface area contributed by atoms with Gasteiger partial charge < -0.3 is 10.1 Å². The van der Waals surface area contributed by atoms with Gasteiger partial charge in [0.25, 0.3) is 0 Å². The molecule has 1 aromatic rings. The first-order valence-corrected chi connectivity index (χ1v) is 6.16. The third-order valence-corrected chi connectivity index (χ3v) is 3.73. The monoisotopic (exact) mass is 219 g/mol. The van der Waals surface area contributed by atoms with Crippen molar-refractivity contribution in [2.45, 2.75) is 25.7 Å². The summed E-state index contributed by atoms with van der Waals surface area (Å²) in [4.78, 5) is 0. The van der Waals surface area contributed by atoms with E-state index in [4.69, 9.17) is 4.74 Å². The Labute approximate surface area is 98.0 Å². The Kier molecular flexibility index (Phi) is 3.83. The highest BCUT2D eigenvalue weighted by atomic mass is 16.5. The smallest absolute Gasteiger partial charge is 0.118 e. The van der Waals surface area contributed by atoms with Crippen LogP contribution >= 0.6 is 0 Å². The Bertz CT molecular complexity index is 314. The summed E-state index contributed by atoms with van der Waals surface area (Å²) in [5.74, 6) is 2.43. The minimum Gasteiger partial charge on any atom is -0.497 e. The van der Waals surface area contributed by atoms with Crippen LogP contribution in [-0.4, -0.2) is 20.2 Å². The number of ether oxygens (including phenoxy) is 1. The highest BCUT2D eigenvalue weighted by Gasteiger charge is 2.20. The minimum atomic E-state index is 0.660. The van der Waals surface area contributed by atoms with E-state index in [1.165, 1.54) is 31.5 Å². The van der Waals surface area contributed by atoms with E-state index in [0.29, 0.717) is 5.92 Å². The average Bonchev–Trinajstić information content (AvgIpc) is 2.39. The summed E-state index contributed by atoms with van der Waals surface area (Å²) >= 11 is 0. The van der Waals surface area contributed by atoms with Crippen molar-refractivity contribution < 1.29 is 4.74 Å². The van der Waals surface area contributed by atoms with E-state index in [-0.39, 0.29) is 0 Å². The van der Waals surface area contributed by atoms with E-state index in [2.05, 4.69) is 36.5 Å². The number of hydrogen-bond acceptors (Lipinski definition) is 2. The van der Waals surface area contributed by atoms with Gasteiger partial charge in [0.2, 0.25) is 0 Å². The van der Waals surface area contributed by atoms with Gasteiger partial charge in [-0.3, -0.25) is 0 Å². The molecule has 1 fully saturated rings. The number of rotatable bonds is 3. The van der Waals surface area contributed by atoms with Crippen LogP contribution in [0.5, 0.6) is 5.75 Å². The van der Waals surface area contributed by atoms with Gasteiger partial charge in [-0.05, 0) is 55.5 Å². The van der Waals surface area contributed by atoms with Gasteiger partial charge in [0, 0.05) is 0 Å². The Morgan fingerprint density at radius 1 is 1.19 bits per heavy atom. The van der Waals surface area contributed by atoms with Crippen molar-refractivity contribution in [1.82, 2.24) is 5.32 Å². The van der Waals surface area contributed by atoms with E-state index in [1.807, 2.05) is 0 Å². The van der Waals surface area contributed by atoms with Crippen LogP contribution in [0, 0.1) is 5.92 Å². The normalized spacial score (nSPS) is 19.4. The molecule has 16 heavy (non-hydrogen) atoms. The third-order valence-electron chi connectivity index (χ3n) is 3.73. The molecule has 1 aliphatic rings. The van der Waals surface area contributed by atoms with Gasteiger partial charge in [0.05, 0.1) is 7.11 Å². The summed E-state index contributed by atoms with van der Waals surface area (Å²) in [6, 6.07) is 8.52. The second-order valence-corrected chi connectivity index (χ2v) is 4.65. The number of piperidine rings is 1. The number of methoxy groups -OCH3 is 1. The molecule has 1 N–H and O–H groups in total. The quantitative estimate of drug-likeness (QED) is 0.844. The second kappa shape index (κ2) is 5.35. The summed E-state index contributed by atoms with van der Waals surface area (Å²) in [6.07, 6.45) is 2.60. The molecule has 1 aliphatic heterocycles. The topological polar surface area (TPSA) is 21.3 Å². The maximum absolute atomic E-state index is 5.18.